The van der Waals surface area contributed by atoms with Crippen molar-refractivity contribution >= 4 is 16.9 Å². The lowest BCUT2D eigenvalue weighted by Crippen LogP contribution is -2.49. The van der Waals surface area contributed by atoms with Crippen LogP contribution < -0.4 is 0 Å². The van der Waals surface area contributed by atoms with E-state index < -0.39 is 0 Å². The first-order valence-electron chi connectivity index (χ1n) is 12.2. The van der Waals surface area contributed by atoms with Crippen molar-refractivity contribution in [3.63, 3.8) is 0 Å². The minimum Gasteiger partial charge on any atom is -0.336 e. The summed E-state index contributed by atoms with van der Waals surface area (Å²) >= 11 is 0. The summed E-state index contributed by atoms with van der Waals surface area (Å²) in [6.45, 7) is 7.53. The maximum Gasteiger partial charge on any atom is 0.253 e. The molecule has 7 nitrogen and oxygen atoms in total. The van der Waals surface area contributed by atoms with Gasteiger partial charge in [-0.15, -0.1) is 0 Å². The van der Waals surface area contributed by atoms with E-state index in [1.807, 2.05) is 47.5 Å². The molecule has 180 valence electrons. The number of nitrogens with one attached hydrogen (secondary N) is 1. The summed E-state index contributed by atoms with van der Waals surface area (Å²) in [7, 11) is 4.19. The van der Waals surface area contributed by atoms with Crippen molar-refractivity contribution in [2.75, 3.05) is 53.4 Å². The molecule has 0 radical (unpaired) electrons. The van der Waals surface area contributed by atoms with E-state index in [0.29, 0.717) is 5.65 Å². The molecule has 35 heavy (non-hydrogen) atoms. The number of fused-ring (bicyclic) bond motifs is 1. The SMILES string of the molecule is Cc1ccccc1-c1[nH]nc2ncc(-c3cccc(C(=O)N4CCN(CCN(C)C)CC4)c3)cc12. The predicted molar refractivity (Wildman–Crippen MR) is 140 cm³/mol. The van der Waals surface area contributed by atoms with Gasteiger partial charge in [-0.25, -0.2) is 4.98 Å². The van der Waals surface area contributed by atoms with Crippen LogP contribution in [-0.2, 0) is 0 Å². The second-order valence-electron chi connectivity index (χ2n) is 9.53. The van der Waals surface area contributed by atoms with Gasteiger partial charge in [0.25, 0.3) is 5.91 Å². The number of aromatic amines is 1. The molecule has 0 aliphatic carbocycles. The quantitative estimate of drug-likeness (QED) is 0.465. The van der Waals surface area contributed by atoms with E-state index in [1.54, 1.807) is 0 Å². The number of aromatic nitrogens is 3. The molecule has 1 aliphatic heterocycles. The van der Waals surface area contributed by atoms with Crippen molar-refractivity contribution in [1.82, 2.24) is 29.9 Å². The lowest BCUT2D eigenvalue weighted by Gasteiger charge is -2.35. The molecule has 2 aromatic carbocycles. The van der Waals surface area contributed by atoms with Crippen molar-refractivity contribution in [2.45, 2.75) is 6.92 Å². The highest BCUT2D eigenvalue weighted by Crippen LogP contribution is 2.31. The van der Waals surface area contributed by atoms with Gasteiger partial charge in [-0.2, -0.15) is 5.10 Å². The summed E-state index contributed by atoms with van der Waals surface area (Å²) in [5.41, 5.74) is 6.61. The normalized spacial score (nSPS) is 14.7. The van der Waals surface area contributed by atoms with Gasteiger partial charge in [-0.1, -0.05) is 36.4 Å². The number of piperazine rings is 1. The molecule has 0 unspecified atom stereocenters. The molecule has 0 saturated carbocycles. The van der Waals surface area contributed by atoms with Crippen LogP contribution in [0.2, 0.25) is 0 Å². The van der Waals surface area contributed by atoms with E-state index in [2.05, 4.69) is 64.2 Å². The zero-order valence-corrected chi connectivity index (χ0v) is 20.7. The summed E-state index contributed by atoms with van der Waals surface area (Å²) in [6.07, 6.45) is 1.83. The largest absolute Gasteiger partial charge is 0.336 e. The highest BCUT2D eigenvalue weighted by molar-refractivity contribution is 5.97. The number of hydrogen-bond donors (Lipinski definition) is 1. The second-order valence-corrected chi connectivity index (χ2v) is 9.53. The lowest BCUT2D eigenvalue weighted by molar-refractivity contribution is 0.0630. The third-order valence-corrected chi connectivity index (χ3v) is 6.79. The van der Waals surface area contributed by atoms with Crippen LogP contribution in [0.25, 0.3) is 33.4 Å². The predicted octanol–water partition coefficient (Wildman–Crippen LogP) is 3.92. The summed E-state index contributed by atoms with van der Waals surface area (Å²) < 4.78 is 0. The molecule has 1 saturated heterocycles. The van der Waals surface area contributed by atoms with E-state index >= 15 is 0 Å². The van der Waals surface area contributed by atoms with Gasteiger partial charge in [-0.3, -0.25) is 14.8 Å². The summed E-state index contributed by atoms with van der Waals surface area (Å²) in [5.74, 6) is 0.0945. The Morgan fingerprint density at radius 1 is 1.00 bits per heavy atom. The van der Waals surface area contributed by atoms with Gasteiger partial charge in [0.1, 0.15) is 0 Å². The fourth-order valence-electron chi connectivity index (χ4n) is 4.65. The zero-order chi connectivity index (χ0) is 24.4. The average Bonchev–Trinajstić information content (AvgIpc) is 3.31. The monoisotopic (exact) mass is 468 g/mol. The number of carbonyl (C=O) groups excluding carboxylic acids is 1. The number of carbonyl (C=O) groups is 1. The Kier molecular flexibility index (Phi) is 6.61. The number of benzene rings is 2. The van der Waals surface area contributed by atoms with Crippen LogP contribution in [0.5, 0.6) is 0 Å². The summed E-state index contributed by atoms with van der Waals surface area (Å²) in [5, 5.41) is 8.54. The number of rotatable bonds is 6. The number of nitrogens with zero attached hydrogens (tertiary/aromatic N) is 5. The zero-order valence-electron chi connectivity index (χ0n) is 20.7. The van der Waals surface area contributed by atoms with Gasteiger partial charge < -0.3 is 9.80 Å². The number of likely N-dealkylation sites (N-methyl/N-ethyl adjacent to an activating group) is 1. The number of hydrogen-bond acceptors (Lipinski definition) is 5. The molecule has 1 aliphatic rings. The van der Waals surface area contributed by atoms with Crippen molar-refractivity contribution in [1.29, 1.82) is 0 Å². The molecule has 1 fully saturated rings. The first-order valence-corrected chi connectivity index (χ1v) is 12.2. The molecular weight excluding hydrogens is 436 g/mol. The van der Waals surface area contributed by atoms with Gasteiger partial charge in [-0.05, 0) is 50.3 Å². The molecule has 1 amide bonds. The maximum absolute atomic E-state index is 13.3. The average molecular weight is 469 g/mol. The van der Waals surface area contributed by atoms with Crippen LogP contribution in [0, 0.1) is 6.92 Å². The molecule has 1 N–H and O–H groups in total. The van der Waals surface area contributed by atoms with E-state index in [9.17, 15) is 4.79 Å². The molecule has 5 rings (SSSR count). The highest BCUT2D eigenvalue weighted by Gasteiger charge is 2.22. The van der Waals surface area contributed by atoms with Crippen LogP contribution in [-0.4, -0.2) is 89.2 Å². The number of H-pyrrole nitrogens is 1. The molecule has 0 bridgehead atoms. The first kappa shape index (κ1) is 23.2. The molecule has 0 atom stereocenters. The van der Waals surface area contributed by atoms with Crippen LogP contribution in [0.4, 0.5) is 0 Å². The van der Waals surface area contributed by atoms with E-state index in [1.165, 1.54) is 5.56 Å². The fraction of sp³-hybridized carbons (Fsp3) is 0.321. The third-order valence-electron chi connectivity index (χ3n) is 6.79. The van der Waals surface area contributed by atoms with E-state index in [-0.39, 0.29) is 5.91 Å². The van der Waals surface area contributed by atoms with Crippen LogP contribution >= 0.6 is 0 Å². The Morgan fingerprint density at radius 3 is 2.57 bits per heavy atom. The maximum atomic E-state index is 13.3. The van der Waals surface area contributed by atoms with Crippen molar-refractivity contribution < 1.29 is 4.79 Å². The van der Waals surface area contributed by atoms with Crippen LogP contribution in [0.3, 0.4) is 0 Å². The van der Waals surface area contributed by atoms with Crippen molar-refractivity contribution in [3.05, 3.63) is 71.9 Å². The topological polar surface area (TPSA) is 68.4 Å². The smallest absolute Gasteiger partial charge is 0.253 e. The highest BCUT2D eigenvalue weighted by atomic mass is 16.2. The first-order chi connectivity index (χ1) is 17.0. The van der Waals surface area contributed by atoms with Gasteiger partial charge >= 0.3 is 0 Å². The van der Waals surface area contributed by atoms with E-state index in [4.69, 9.17) is 0 Å². The Morgan fingerprint density at radius 2 is 1.80 bits per heavy atom. The van der Waals surface area contributed by atoms with Crippen LogP contribution in [0.15, 0.2) is 60.8 Å². The third kappa shape index (κ3) is 4.97. The van der Waals surface area contributed by atoms with Gasteiger partial charge in [0.2, 0.25) is 0 Å². The Hall–Kier alpha value is -3.55. The summed E-state index contributed by atoms with van der Waals surface area (Å²) in [6, 6.07) is 18.2. The molecule has 4 aromatic rings. The second kappa shape index (κ2) is 9.98. The Bertz CT molecular complexity index is 1340. The number of amides is 1. The Labute approximate surface area is 206 Å². The number of pyridine rings is 1. The molecule has 2 aromatic heterocycles. The van der Waals surface area contributed by atoms with E-state index in [0.717, 1.165) is 72.6 Å². The molecular formula is C28H32N6O. The molecule has 0 spiro atoms. The van der Waals surface area contributed by atoms with Crippen molar-refractivity contribution in [3.8, 4) is 22.4 Å². The Balaban J connectivity index is 1.36. The van der Waals surface area contributed by atoms with Gasteiger partial charge in [0.05, 0.1) is 5.69 Å². The van der Waals surface area contributed by atoms with Crippen molar-refractivity contribution in [2.24, 2.45) is 0 Å². The lowest BCUT2D eigenvalue weighted by atomic mass is 10.0. The van der Waals surface area contributed by atoms with Gasteiger partial charge in [0.15, 0.2) is 5.65 Å². The van der Waals surface area contributed by atoms with Crippen LogP contribution in [0.1, 0.15) is 15.9 Å². The standard InChI is InChI=1S/C28H32N6O/c1-20-7-4-5-10-24(20)26-25-18-23(19-29-27(25)31-30-26)21-8-6-9-22(17-21)28(35)34-15-13-33(14-16-34)12-11-32(2)3/h4-10,17-19H,11-16H2,1-3H3,(H,29,30,31). The summed E-state index contributed by atoms with van der Waals surface area (Å²) in [4.78, 5) is 24.5. The number of aryl methyl sites for hydroxylation is 1. The minimum absolute atomic E-state index is 0.0945. The molecule has 3 heterocycles. The fourth-order valence-corrected chi connectivity index (χ4v) is 4.65. The minimum atomic E-state index is 0.0945. The molecule has 7 heteroatoms. The van der Waals surface area contributed by atoms with Gasteiger partial charge in [0, 0.05) is 67.5 Å².